The number of rotatable bonds is 6. The SMILES string of the molecule is CCC(CC)C(=O)OCc1nnc(-c2ccccc2)o1. The first-order valence-corrected chi connectivity index (χ1v) is 6.79. The molecule has 0 aliphatic carbocycles. The highest BCUT2D eigenvalue weighted by molar-refractivity contribution is 5.72. The molecule has 0 amide bonds. The zero-order chi connectivity index (χ0) is 14.4. The third-order valence-corrected chi connectivity index (χ3v) is 3.14. The molecule has 0 unspecified atom stereocenters. The summed E-state index contributed by atoms with van der Waals surface area (Å²) >= 11 is 0. The predicted octanol–water partition coefficient (Wildman–Crippen LogP) is 3.22. The summed E-state index contributed by atoms with van der Waals surface area (Å²) in [5.74, 6) is 0.461. The number of hydrogen-bond acceptors (Lipinski definition) is 5. The third-order valence-electron chi connectivity index (χ3n) is 3.14. The summed E-state index contributed by atoms with van der Waals surface area (Å²) in [5.41, 5.74) is 0.845. The normalized spacial score (nSPS) is 10.8. The van der Waals surface area contributed by atoms with Crippen LogP contribution < -0.4 is 0 Å². The highest BCUT2D eigenvalue weighted by Crippen LogP contribution is 2.17. The molecule has 0 spiro atoms. The van der Waals surface area contributed by atoms with E-state index in [1.54, 1.807) is 0 Å². The fourth-order valence-electron chi connectivity index (χ4n) is 1.88. The van der Waals surface area contributed by atoms with Crippen molar-refractivity contribution >= 4 is 5.97 Å². The molecule has 0 aliphatic rings. The van der Waals surface area contributed by atoms with Gasteiger partial charge in [-0.25, -0.2) is 0 Å². The molecule has 1 heterocycles. The van der Waals surface area contributed by atoms with E-state index in [2.05, 4.69) is 10.2 Å². The smallest absolute Gasteiger partial charge is 0.309 e. The van der Waals surface area contributed by atoms with Gasteiger partial charge in [0.25, 0.3) is 5.89 Å². The maximum atomic E-state index is 11.7. The van der Waals surface area contributed by atoms with Crippen molar-refractivity contribution in [2.24, 2.45) is 5.92 Å². The lowest BCUT2D eigenvalue weighted by molar-refractivity contribution is -0.150. The second-order valence-corrected chi connectivity index (χ2v) is 4.49. The van der Waals surface area contributed by atoms with E-state index in [9.17, 15) is 4.79 Å². The van der Waals surface area contributed by atoms with Crippen LogP contribution in [0.5, 0.6) is 0 Å². The van der Waals surface area contributed by atoms with Gasteiger partial charge in [0.2, 0.25) is 5.89 Å². The minimum atomic E-state index is -0.213. The number of benzene rings is 1. The zero-order valence-electron chi connectivity index (χ0n) is 11.7. The summed E-state index contributed by atoms with van der Waals surface area (Å²) in [4.78, 5) is 11.7. The van der Waals surface area contributed by atoms with Gasteiger partial charge >= 0.3 is 5.97 Å². The van der Waals surface area contributed by atoms with Crippen molar-refractivity contribution in [2.45, 2.75) is 33.3 Å². The monoisotopic (exact) mass is 274 g/mol. The molecule has 2 rings (SSSR count). The molecule has 0 bridgehead atoms. The molecule has 0 fully saturated rings. The number of hydrogen-bond donors (Lipinski definition) is 0. The van der Waals surface area contributed by atoms with Gasteiger partial charge in [0.05, 0.1) is 5.92 Å². The Balaban J connectivity index is 1.95. The quantitative estimate of drug-likeness (QED) is 0.757. The first-order chi connectivity index (χ1) is 9.74. The number of ether oxygens (including phenoxy) is 1. The van der Waals surface area contributed by atoms with E-state index in [0.29, 0.717) is 11.8 Å². The first-order valence-electron chi connectivity index (χ1n) is 6.79. The number of carbonyl (C=O) groups excluding carboxylic acids is 1. The first kappa shape index (κ1) is 14.2. The zero-order valence-corrected chi connectivity index (χ0v) is 11.7. The van der Waals surface area contributed by atoms with E-state index in [0.717, 1.165) is 18.4 Å². The lowest BCUT2D eigenvalue weighted by atomic mass is 10.0. The third kappa shape index (κ3) is 3.44. The molecule has 5 heteroatoms. The van der Waals surface area contributed by atoms with Gasteiger partial charge in [-0.15, -0.1) is 10.2 Å². The summed E-state index contributed by atoms with van der Waals surface area (Å²) in [6.07, 6.45) is 1.54. The largest absolute Gasteiger partial charge is 0.455 e. The van der Waals surface area contributed by atoms with Crippen LogP contribution in [0.2, 0.25) is 0 Å². The van der Waals surface area contributed by atoms with Gasteiger partial charge in [-0.2, -0.15) is 0 Å². The maximum Gasteiger partial charge on any atom is 0.309 e. The Morgan fingerprint density at radius 2 is 1.90 bits per heavy atom. The Morgan fingerprint density at radius 1 is 1.20 bits per heavy atom. The van der Waals surface area contributed by atoms with Crippen LogP contribution in [0.1, 0.15) is 32.6 Å². The molecule has 0 radical (unpaired) electrons. The van der Waals surface area contributed by atoms with Crippen LogP contribution >= 0.6 is 0 Å². The van der Waals surface area contributed by atoms with E-state index >= 15 is 0 Å². The molecule has 0 N–H and O–H groups in total. The molecule has 0 aliphatic heterocycles. The average Bonchev–Trinajstić information content (AvgIpc) is 2.96. The van der Waals surface area contributed by atoms with Crippen LogP contribution in [0.25, 0.3) is 11.5 Å². The van der Waals surface area contributed by atoms with Crippen molar-refractivity contribution in [3.8, 4) is 11.5 Å². The molecule has 1 aromatic carbocycles. The Kier molecular flexibility index (Phi) is 4.87. The van der Waals surface area contributed by atoms with Gasteiger partial charge in [-0.1, -0.05) is 32.0 Å². The van der Waals surface area contributed by atoms with E-state index < -0.39 is 0 Å². The molecule has 106 valence electrons. The summed E-state index contributed by atoms with van der Waals surface area (Å²) in [7, 11) is 0. The second kappa shape index (κ2) is 6.84. The van der Waals surface area contributed by atoms with E-state index in [-0.39, 0.29) is 18.5 Å². The molecule has 0 saturated heterocycles. The fourth-order valence-corrected chi connectivity index (χ4v) is 1.88. The molecule has 20 heavy (non-hydrogen) atoms. The fraction of sp³-hybridized carbons (Fsp3) is 0.400. The Bertz CT molecular complexity index is 547. The maximum absolute atomic E-state index is 11.7. The van der Waals surface area contributed by atoms with Crippen LogP contribution in [0, 0.1) is 5.92 Å². The van der Waals surface area contributed by atoms with E-state index in [1.165, 1.54) is 0 Å². The standard InChI is InChI=1S/C15H18N2O3/c1-3-11(4-2)15(18)19-10-13-16-17-14(20-13)12-8-6-5-7-9-12/h5-9,11H,3-4,10H2,1-2H3. The minimum Gasteiger partial charge on any atom is -0.455 e. The summed E-state index contributed by atoms with van der Waals surface area (Å²) in [6, 6.07) is 9.47. The van der Waals surface area contributed by atoms with Crippen LogP contribution in [-0.2, 0) is 16.1 Å². The van der Waals surface area contributed by atoms with Gasteiger partial charge in [0, 0.05) is 5.56 Å². The van der Waals surface area contributed by atoms with Gasteiger partial charge in [-0.05, 0) is 25.0 Å². The number of carbonyl (C=O) groups is 1. The highest BCUT2D eigenvalue weighted by atomic mass is 16.5. The Labute approximate surface area is 118 Å². The number of aromatic nitrogens is 2. The molecular weight excluding hydrogens is 256 g/mol. The summed E-state index contributed by atoms with van der Waals surface area (Å²) in [5, 5.41) is 7.82. The molecule has 0 saturated carbocycles. The minimum absolute atomic E-state index is 0.0230. The van der Waals surface area contributed by atoms with E-state index in [4.69, 9.17) is 9.15 Å². The summed E-state index contributed by atoms with van der Waals surface area (Å²) < 4.78 is 10.7. The average molecular weight is 274 g/mol. The molecular formula is C15H18N2O3. The molecule has 5 nitrogen and oxygen atoms in total. The van der Waals surface area contributed by atoms with Gasteiger partial charge in [0.1, 0.15) is 0 Å². The topological polar surface area (TPSA) is 65.2 Å². The Hall–Kier alpha value is -2.17. The van der Waals surface area contributed by atoms with Gasteiger partial charge < -0.3 is 9.15 Å². The molecule has 2 aromatic rings. The van der Waals surface area contributed by atoms with Crippen molar-refractivity contribution in [3.05, 3.63) is 36.2 Å². The van der Waals surface area contributed by atoms with Crippen LogP contribution in [0.3, 0.4) is 0 Å². The molecule has 0 atom stereocenters. The lowest BCUT2D eigenvalue weighted by Crippen LogP contribution is -2.16. The Morgan fingerprint density at radius 3 is 2.55 bits per heavy atom. The second-order valence-electron chi connectivity index (χ2n) is 4.49. The lowest BCUT2D eigenvalue weighted by Gasteiger charge is -2.10. The number of esters is 1. The van der Waals surface area contributed by atoms with Crippen molar-refractivity contribution in [1.29, 1.82) is 0 Å². The van der Waals surface area contributed by atoms with Crippen LogP contribution in [0.4, 0.5) is 0 Å². The predicted molar refractivity (Wildman–Crippen MR) is 73.6 cm³/mol. The molecule has 1 aromatic heterocycles. The van der Waals surface area contributed by atoms with Gasteiger partial charge in [-0.3, -0.25) is 4.79 Å². The van der Waals surface area contributed by atoms with E-state index in [1.807, 2.05) is 44.2 Å². The van der Waals surface area contributed by atoms with Crippen molar-refractivity contribution in [1.82, 2.24) is 10.2 Å². The van der Waals surface area contributed by atoms with Crippen molar-refractivity contribution in [3.63, 3.8) is 0 Å². The van der Waals surface area contributed by atoms with Crippen molar-refractivity contribution in [2.75, 3.05) is 0 Å². The van der Waals surface area contributed by atoms with Gasteiger partial charge in [0.15, 0.2) is 6.61 Å². The van der Waals surface area contributed by atoms with Crippen LogP contribution in [0.15, 0.2) is 34.7 Å². The van der Waals surface area contributed by atoms with Crippen LogP contribution in [-0.4, -0.2) is 16.2 Å². The highest BCUT2D eigenvalue weighted by Gasteiger charge is 2.17. The van der Waals surface area contributed by atoms with Crippen molar-refractivity contribution < 1.29 is 13.9 Å². The number of nitrogens with zero attached hydrogens (tertiary/aromatic N) is 2. The summed E-state index contributed by atoms with van der Waals surface area (Å²) in [6.45, 7) is 3.96.